The molecule has 3 aromatic carbocycles. The topological polar surface area (TPSA) is 88.4 Å². The van der Waals surface area contributed by atoms with E-state index in [2.05, 4.69) is 15.0 Å². The van der Waals surface area contributed by atoms with Crippen molar-refractivity contribution in [2.24, 2.45) is 0 Å². The van der Waals surface area contributed by atoms with Crippen molar-refractivity contribution in [1.29, 1.82) is 0 Å². The number of benzene rings is 3. The summed E-state index contributed by atoms with van der Waals surface area (Å²) in [7, 11) is 0. The molecule has 0 saturated carbocycles. The lowest BCUT2D eigenvalue weighted by Gasteiger charge is -2.11. The second-order valence-electron chi connectivity index (χ2n) is 6.88. The second kappa shape index (κ2) is 8.71. The van der Waals surface area contributed by atoms with Crippen molar-refractivity contribution in [3.63, 3.8) is 0 Å². The van der Waals surface area contributed by atoms with Gasteiger partial charge in [0.2, 0.25) is 0 Å². The quantitative estimate of drug-likeness (QED) is 0.501. The summed E-state index contributed by atoms with van der Waals surface area (Å²) in [6.45, 7) is 1.77. The van der Waals surface area contributed by atoms with E-state index >= 15 is 0 Å². The predicted octanol–water partition coefficient (Wildman–Crippen LogP) is 4.34. The summed E-state index contributed by atoms with van der Waals surface area (Å²) in [6.07, 6.45) is -0.600. The second-order valence-corrected chi connectivity index (χ2v) is 6.88. The predicted molar refractivity (Wildman–Crippen MR) is 115 cm³/mol. The van der Waals surface area contributed by atoms with E-state index in [0.29, 0.717) is 28.8 Å². The smallest absolute Gasteiger partial charge is 0.167 e. The molecular formula is C24H21N3O3. The van der Waals surface area contributed by atoms with Crippen LogP contribution in [0.25, 0.3) is 34.2 Å². The van der Waals surface area contributed by atoms with Crippen molar-refractivity contribution < 1.29 is 14.9 Å². The van der Waals surface area contributed by atoms with Crippen LogP contribution in [0.4, 0.5) is 0 Å². The number of phenols is 1. The van der Waals surface area contributed by atoms with E-state index in [1.54, 1.807) is 19.1 Å². The fraction of sp³-hybridized carbons (Fsp3) is 0.125. The van der Waals surface area contributed by atoms with E-state index in [9.17, 15) is 10.2 Å². The van der Waals surface area contributed by atoms with Crippen LogP contribution in [0.2, 0.25) is 0 Å². The van der Waals surface area contributed by atoms with Crippen LogP contribution in [-0.2, 0) is 0 Å². The summed E-state index contributed by atoms with van der Waals surface area (Å²) in [4.78, 5) is 13.8. The Labute approximate surface area is 174 Å². The molecule has 1 atom stereocenters. The van der Waals surface area contributed by atoms with Crippen LogP contribution in [0.15, 0.2) is 78.9 Å². The summed E-state index contributed by atoms with van der Waals surface area (Å²) in [6, 6.07) is 24.2. The third-order valence-corrected chi connectivity index (χ3v) is 4.40. The Morgan fingerprint density at radius 3 is 1.80 bits per heavy atom. The molecule has 4 rings (SSSR count). The maximum Gasteiger partial charge on any atom is 0.167 e. The fourth-order valence-electron chi connectivity index (χ4n) is 2.94. The van der Waals surface area contributed by atoms with Gasteiger partial charge in [0.1, 0.15) is 18.1 Å². The Bertz CT molecular complexity index is 1080. The lowest BCUT2D eigenvalue weighted by Crippen LogP contribution is -2.12. The summed E-state index contributed by atoms with van der Waals surface area (Å²) < 4.78 is 5.46. The maximum atomic E-state index is 10.6. The minimum absolute atomic E-state index is 0.0117. The number of aliphatic hydroxyl groups excluding tert-OH is 1. The number of aromatic hydroxyl groups is 1. The minimum Gasteiger partial charge on any atom is -0.507 e. The first-order chi connectivity index (χ1) is 14.6. The average Bonchev–Trinajstić information content (AvgIpc) is 2.78. The molecule has 6 nitrogen and oxygen atoms in total. The van der Waals surface area contributed by atoms with E-state index in [0.717, 1.165) is 11.1 Å². The lowest BCUT2D eigenvalue weighted by molar-refractivity contribution is 0.122. The molecule has 150 valence electrons. The molecule has 1 aromatic heterocycles. The minimum atomic E-state index is -0.600. The van der Waals surface area contributed by atoms with Crippen LogP contribution in [0.5, 0.6) is 11.5 Å². The number of nitrogens with zero attached hydrogens (tertiary/aromatic N) is 3. The van der Waals surface area contributed by atoms with E-state index < -0.39 is 6.10 Å². The van der Waals surface area contributed by atoms with Gasteiger partial charge in [-0.2, -0.15) is 0 Å². The molecule has 0 aliphatic carbocycles. The van der Waals surface area contributed by atoms with Crippen LogP contribution in [-0.4, -0.2) is 37.9 Å². The molecule has 0 saturated heterocycles. The van der Waals surface area contributed by atoms with Gasteiger partial charge in [-0.25, -0.2) is 15.0 Å². The molecule has 6 heteroatoms. The van der Waals surface area contributed by atoms with Gasteiger partial charge in [-0.1, -0.05) is 60.7 Å². The SMILES string of the molecule is CC(O)COc1ccc(-c2nc(-c3ccccc3)nc(-c3ccccc3)n2)c(O)c1. The lowest BCUT2D eigenvalue weighted by atomic mass is 10.1. The third kappa shape index (κ3) is 4.45. The molecule has 1 heterocycles. The van der Waals surface area contributed by atoms with E-state index in [4.69, 9.17) is 4.74 Å². The largest absolute Gasteiger partial charge is 0.507 e. The number of aromatic nitrogens is 3. The first-order valence-electron chi connectivity index (χ1n) is 9.61. The first kappa shape index (κ1) is 19.5. The summed E-state index contributed by atoms with van der Waals surface area (Å²) in [5, 5.41) is 20.0. The zero-order chi connectivity index (χ0) is 20.9. The Kier molecular flexibility index (Phi) is 5.68. The van der Waals surface area contributed by atoms with E-state index in [1.807, 2.05) is 60.7 Å². The van der Waals surface area contributed by atoms with Crippen molar-refractivity contribution in [1.82, 2.24) is 15.0 Å². The molecule has 0 aliphatic rings. The summed E-state index contributed by atoms with van der Waals surface area (Å²) >= 11 is 0. The molecule has 0 spiro atoms. The summed E-state index contributed by atoms with van der Waals surface area (Å²) in [5.41, 5.74) is 2.18. The normalized spacial score (nSPS) is 11.8. The maximum absolute atomic E-state index is 10.6. The van der Waals surface area contributed by atoms with Crippen LogP contribution >= 0.6 is 0 Å². The van der Waals surface area contributed by atoms with Gasteiger partial charge >= 0.3 is 0 Å². The van der Waals surface area contributed by atoms with Crippen molar-refractivity contribution in [3.8, 4) is 45.7 Å². The van der Waals surface area contributed by atoms with Gasteiger partial charge in [0.15, 0.2) is 17.5 Å². The Morgan fingerprint density at radius 1 is 0.767 bits per heavy atom. The Hall–Kier alpha value is -3.77. The molecule has 0 fully saturated rings. The van der Waals surface area contributed by atoms with Gasteiger partial charge < -0.3 is 14.9 Å². The molecule has 30 heavy (non-hydrogen) atoms. The number of phenolic OH excluding ortho intramolecular Hbond substituents is 1. The zero-order valence-corrected chi connectivity index (χ0v) is 16.4. The molecular weight excluding hydrogens is 378 g/mol. The number of rotatable bonds is 6. The highest BCUT2D eigenvalue weighted by Gasteiger charge is 2.15. The Balaban J connectivity index is 1.79. The summed E-state index contributed by atoms with van der Waals surface area (Å²) in [5.74, 6) is 1.85. The van der Waals surface area contributed by atoms with Gasteiger partial charge in [-0.15, -0.1) is 0 Å². The standard InChI is InChI=1S/C24H21N3O3/c1-16(28)15-30-19-12-13-20(21(29)14-19)24-26-22(17-8-4-2-5-9-17)25-23(27-24)18-10-6-3-7-11-18/h2-14,16,28-29H,15H2,1H3. The zero-order valence-electron chi connectivity index (χ0n) is 16.4. The first-order valence-corrected chi connectivity index (χ1v) is 9.61. The number of hydrogen-bond acceptors (Lipinski definition) is 6. The highest BCUT2D eigenvalue weighted by Crippen LogP contribution is 2.32. The highest BCUT2D eigenvalue weighted by molar-refractivity contribution is 5.70. The molecule has 4 aromatic rings. The van der Waals surface area contributed by atoms with Crippen molar-refractivity contribution in [2.45, 2.75) is 13.0 Å². The number of hydrogen-bond donors (Lipinski definition) is 2. The van der Waals surface area contributed by atoms with Gasteiger partial charge in [-0.3, -0.25) is 0 Å². The molecule has 0 radical (unpaired) electrons. The van der Waals surface area contributed by atoms with Crippen molar-refractivity contribution >= 4 is 0 Å². The molecule has 0 bridgehead atoms. The molecule has 2 N–H and O–H groups in total. The van der Waals surface area contributed by atoms with Gasteiger partial charge in [0.25, 0.3) is 0 Å². The molecule has 0 amide bonds. The van der Waals surface area contributed by atoms with Crippen LogP contribution < -0.4 is 4.74 Å². The Morgan fingerprint density at radius 2 is 1.30 bits per heavy atom. The van der Waals surface area contributed by atoms with E-state index in [1.165, 1.54) is 6.07 Å². The monoisotopic (exact) mass is 399 g/mol. The van der Waals surface area contributed by atoms with Crippen molar-refractivity contribution in [2.75, 3.05) is 6.61 Å². The van der Waals surface area contributed by atoms with Crippen LogP contribution in [0, 0.1) is 0 Å². The van der Waals surface area contributed by atoms with Crippen LogP contribution in [0.1, 0.15) is 6.92 Å². The van der Waals surface area contributed by atoms with Gasteiger partial charge in [0.05, 0.1) is 11.7 Å². The van der Waals surface area contributed by atoms with Crippen molar-refractivity contribution in [3.05, 3.63) is 78.9 Å². The van der Waals surface area contributed by atoms with Gasteiger partial charge in [-0.05, 0) is 19.1 Å². The van der Waals surface area contributed by atoms with Gasteiger partial charge in [0, 0.05) is 17.2 Å². The fourth-order valence-corrected chi connectivity index (χ4v) is 2.94. The number of ether oxygens (including phenoxy) is 1. The number of aliphatic hydroxyl groups is 1. The molecule has 1 unspecified atom stereocenters. The average molecular weight is 399 g/mol. The van der Waals surface area contributed by atoms with E-state index in [-0.39, 0.29) is 12.4 Å². The third-order valence-electron chi connectivity index (χ3n) is 4.40. The highest BCUT2D eigenvalue weighted by atomic mass is 16.5. The van der Waals surface area contributed by atoms with Crippen LogP contribution in [0.3, 0.4) is 0 Å². The molecule has 0 aliphatic heterocycles.